The maximum atomic E-state index is 12.1. The first kappa shape index (κ1) is 11.3. The Labute approximate surface area is 94.0 Å². The fraction of sp³-hybridized carbons (Fsp3) is 0.800. The molecule has 0 radical (unpaired) electrons. The molecule has 3 amide bonds. The van der Waals surface area contributed by atoms with E-state index in [2.05, 4.69) is 10.6 Å². The molecule has 0 bridgehead atoms. The Morgan fingerprint density at radius 2 is 2.31 bits per heavy atom. The number of amides is 3. The average molecular weight is 227 g/mol. The molecule has 1 spiro atoms. The van der Waals surface area contributed by atoms with Crippen LogP contribution in [-0.4, -0.2) is 53.7 Å². The highest BCUT2D eigenvalue weighted by molar-refractivity contribution is 6.07. The van der Waals surface area contributed by atoms with Gasteiger partial charge in [0, 0.05) is 19.7 Å². The number of hydrogen-bond donors (Lipinski definition) is 3. The monoisotopic (exact) mass is 227 g/mol. The summed E-state index contributed by atoms with van der Waals surface area (Å²) >= 11 is 0. The number of urea groups is 1. The molecule has 2 saturated heterocycles. The summed E-state index contributed by atoms with van der Waals surface area (Å²) in [6, 6.07) is -0.339. The van der Waals surface area contributed by atoms with Crippen molar-refractivity contribution < 1.29 is 14.7 Å². The second-order valence-corrected chi connectivity index (χ2v) is 4.64. The van der Waals surface area contributed by atoms with Gasteiger partial charge in [-0.25, -0.2) is 4.79 Å². The van der Waals surface area contributed by atoms with E-state index in [4.69, 9.17) is 5.11 Å². The lowest BCUT2D eigenvalue weighted by atomic mass is 9.99. The van der Waals surface area contributed by atoms with Crippen LogP contribution in [0.1, 0.15) is 13.3 Å². The molecule has 2 unspecified atom stereocenters. The van der Waals surface area contributed by atoms with Crippen LogP contribution in [0.25, 0.3) is 0 Å². The minimum absolute atomic E-state index is 0.0255. The van der Waals surface area contributed by atoms with Gasteiger partial charge in [0.15, 0.2) is 0 Å². The highest BCUT2D eigenvalue weighted by atomic mass is 16.3. The van der Waals surface area contributed by atoms with Gasteiger partial charge in [-0.1, -0.05) is 6.92 Å². The van der Waals surface area contributed by atoms with Crippen LogP contribution in [0.2, 0.25) is 0 Å². The van der Waals surface area contributed by atoms with Crippen molar-refractivity contribution in [2.45, 2.75) is 18.9 Å². The summed E-state index contributed by atoms with van der Waals surface area (Å²) in [6.07, 6.45) is 0.640. The van der Waals surface area contributed by atoms with E-state index in [1.807, 2.05) is 0 Å². The first-order valence-corrected chi connectivity index (χ1v) is 5.55. The number of rotatable bonds is 3. The van der Waals surface area contributed by atoms with Crippen LogP contribution in [0, 0.1) is 5.92 Å². The molecule has 0 aromatic rings. The topological polar surface area (TPSA) is 81.7 Å². The third kappa shape index (κ3) is 1.68. The molecule has 2 rings (SSSR count). The summed E-state index contributed by atoms with van der Waals surface area (Å²) in [6.45, 7) is 3.31. The lowest BCUT2D eigenvalue weighted by Gasteiger charge is -2.20. The van der Waals surface area contributed by atoms with Crippen molar-refractivity contribution in [1.82, 2.24) is 15.5 Å². The average Bonchev–Trinajstić information content (AvgIpc) is 2.81. The van der Waals surface area contributed by atoms with E-state index in [1.54, 1.807) is 6.92 Å². The molecule has 2 atom stereocenters. The predicted molar refractivity (Wildman–Crippen MR) is 56.7 cm³/mol. The zero-order valence-electron chi connectivity index (χ0n) is 9.32. The van der Waals surface area contributed by atoms with Gasteiger partial charge in [-0.2, -0.15) is 0 Å². The van der Waals surface area contributed by atoms with Gasteiger partial charge in [-0.05, 0) is 18.9 Å². The summed E-state index contributed by atoms with van der Waals surface area (Å²) in [7, 11) is 0. The van der Waals surface area contributed by atoms with Crippen molar-refractivity contribution in [2.75, 3.05) is 26.2 Å². The highest BCUT2D eigenvalue weighted by Crippen LogP contribution is 2.24. The van der Waals surface area contributed by atoms with Crippen LogP contribution in [0.3, 0.4) is 0 Å². The number of imide groups is 1. The highest BCUT2D eigenvalue weighted by Gasteiger charge is 2.52. The van der Waals surface area contributed by atoms with Crippen LogP contribution in [0.4, 0.5) is 4.79 Å². The molecule has 90 valence electrons. The summed E-state index contributed by atoms with van der Waals surface area (Å²) in [4.78, 5) is 25.0. The summed E-state index contributed by atoms with van der Waals surface area (Å²) in [5.74, 6) is -0.248. The number of nitrogens with zero attached hydrogens (tertiary/aromatic N) is 1. The third-order valence-corrected chi connectivity index (χ3v) is 3.21. The minimum atomic E-state index is -0.730. The third-order valence-electron chi connectivity index (χ3n) is 3.21. The molecule has 0 aromatic carbocycles. The predicted octanol–water partition coefficient (Wildman–Crippen LogP) is -1.10. The molecule has 2 fully saturated rings. The van der Waals surface area contributed by atoms with Crippen molar-refractivity contribution in [3.8, 4) is 0 Å². The zero-order valence-corrected chi connectivity index (χ0v) is 9.32. The Morgan fingerprint density at radius 1 is 1.56 bits per heavy atom. The molecule has 0 saturated carbocycles. The number of carbonyl (C=O) groups is 2. The number of carbonyl (C=O) groups excluding carboxylic acids is 2. The van der Waals surface area contributed by atoms with Crippen molar-refractivity contribution in [2.24, 2.45) is 5.92 Å². The normalized spacial score (nSPS) is 31.2. The van der Waals surface area contributed by atoms with Crippen molar-refractivity contribution in [3.05, 3.63) is 0 Å². The van der Waals surface area contributed by atoms with Crippen molar-refractivity contribution in [3.63, 3.8) is 0 Å². The van der Waals surface area contributed by atoms with Gasteiger partial charge >= 0.3 is 6.03 Å². The van der Waals surface area contributed by atoms with E-state index < -0.39 is 5.54 Å². The number of aliphatic hydroxyl groups is 1. The molecule has 6 nitrogen and oxygen atoms in total. The molecule has 0 aromatic heterocycles. The van der Waals surface area contributed by atoms with E-state index in [0.29, 0.717) is 13.0 Å². The Balaban J connectivity index is 2.10. The van der Waals surface area contributed by atoms with Gasteiger partial charge in [0.05, 0.1) is 0 Å². The lowest BCUT2D eigenvalue weighted by molar-refractivity contribution is -0.131. The number of nitrogens with one attached hydrogen (secondary N) is 2. The molecule has 3 N–H and O–H groups in total. The molecule has 2 aliphatic rings. The maximum Gasteiger partial charge on any atom is 0.325 e. The number of aliphatic hydroxyl groups excluding tert-OH is 1. The zero-order chi connectivity index (χ0) is 11.8. The summed E-state index contributed by atoms with van der Waals surface area (Å²) in [5.41, 5.74) is -0.730. The van der Waals surface area contributed by atoms with E-state index >= 15 is 0 Å². The first-order valence-electron chi connectivity index (χ1n) is 5.55. The van der Waals surface area contributed by atoms with Gasteiger partial charge in [0.1, 0.15) is 5.54 Å². The quantitative estimate of drug-likeness (QED) is 0.534. The molecule has 0 aliphatic carbocycles. The van der Waals surface area contributed by atoms with Crippen LogP contribution in [0.15, 0.2) is 0 Å². The molecular weight excluding hydrogens is 210 g/mol. The summed E-state index contributed by atoms with van der Waals surface area (Å²) in [5, 5.41) is 14.8. The summed E-state index contributed by atoms with van der Waals surface area (Å²) < 4.78 is 0. The Morgan fingerprint density at radius 3 is 2.88 bits per heavy atom. The Bertz CT molecular complexity index is 312. The lowest BCUT2D eigenvalue weighted by Crippen LogP contribution is -2.48. The van der Waals surface area contributed by atoms with E-state index in [-0.39, 0.29) is 31.0 Å². The second-order valence-electron chi connectivity index (χ2n) is 4.64. The fourth-order valence-electron chi connectivity index (χ4n) is 2.19. The maximum absolute atomic E-state index is 12.1. The Hall–Kier alpha value is -1.14. The van der Waals surface area contributed by atoms with Crippen LogP contribution < -0.4 is 10.6 Å². The van der Waals surface area contributed by atoms with Gasteiger partial charge in [0.25, 0.3) is 5.91 Å². The van der Waals surface area contributed by atoms with Gasteiger partial charge in [0.2, 0.25) is 0 Å². The van der Waals surface area contributed by atoms with Crippen molar-refractivity contribution >= 4 is 11.9 Å². The van der Waals surface area contributed by atoms with E-state index in [1.165, 1.54) is 4.90 Å². The molecule has 16 heavy (non-hydrogen) atoms. The minimum Gasteiger partial charge on any atom is -0.396 e. The number of hydrogen-bond acceptors (Lipinski definition) is 4. The SMILES string of the molecule is CC(CO)CN1C(=O)NC2(CCNC2)C1=O. The molecule has 2 heterocycles. The molecule has 6 heteroatoms. The fourth-order valence-corrected chi connectivity index (χ4v) is 2.19. The van der Waals surface area contributed by atoms with Crippen LogP contribution in [0.5, 0.6) is 0 Å². The van der Waals surface area contributed by atoms with Crippen LogP contribution >= 0.6 is 0 Å². The molecule has 2 aliphatic heterocycles. The second kappa shape index (κ2) is 4.03. The van der Waals surface area contributed by atoms with Crippen LogP contribution in [-0.2, 0) is 4.79 Å². The van der Waals surface area contributed by atoms with Gasteiger partial charge in [-0.15, -0.1) is 0 Å². The van der Waals surface area contributed by atoms with E-state index in [0.717, 1.165) is 6.54 Å². The first-order chi connectivity index (χ1) is 7.59. The largest absolute Gasteiger partial charge is 0.396 e. The van der Waals surface area contributed by atoms with Gasteiger partial charge in [-0.3, -0.25) is 9.69 Å². The molecular formula is C10H17N3O3. The van der Waals surface area contributed by atoms with Crippen molar-refractivity contribution in [1.29, 1.82) is 0 Å². The smallest absolute Gasteiger partial charge is 0.325 e. The standard InChI is InChI=1S/C10H17N3O3/c1-7(5-14)4-13-8(15)10(12-9(13)16)2-3-11-6-10/h7,11,14H,2-6H2,1H3,(H,12,16). The van der Waals surface area contributed by atoms with Gasteiger partial charge < -0.3 is 15.7 Å². The Kier molecular flexibility index (Phi) is 2.86. The van der Waals surface area contributed by atoms with E-state index in [9.17, 15) is 9.59 Å².